The Bertz CT molecular complexity index is 718. The van der Waals surface area contributed by atoms with Crippen LogP contribution in [0.4, 0.5) is 4.39 Å². The van der Waals surface area contributed by atoms with Crippen molar-refractivity contribution in [2.45, 2.75) is 20.4 Å². The molecule has 1 aromatic carbocycles. The fourth-order valence-electron chi connectivity index (χ4n) is 3.05. The molecule has 1 amide bonds. The van der Waals surface area contributed by atoms with E-state index < -0.39 is 0 Å². The normalized spacial score (nSPS) is 15.0. The topological polar surface area (TPSA) is 34.5 Å². The Kier molecular flexibility index (Phi) is 4.48. The minimum Gasteiger partial charge on any atom is -0.378 e. The van der Waals surface area contributed by atoms with Crippen LogP contribution in [0.25, 0.3) is 0 Å². The summed E-state index contributed by atoms with van der Waals surface area (Å²) in [6.07, 6.45) is 0. The molecule has 0 saturated carbocycles. The monoisotopic (exact) mass is 316 g/mol. The van der Waals surface area contributed by atoms with E-state index in [0.29, 0.717) is 44.1 Å². The number of rotatable bonds is 3. The van der Waals surface area contributed by atoms with Gasteiger partial charge in [0.1, 0.15) is 11.5 Å². The summed E-state index contributed by atoms with van der Waals surface area (Å²) in [5.41, 5.74) is 3.12. The number of aromatic nitrogens is 1. The highest BCUT2D eigenvalue weighted by molar-refractivity contribution is 5.94. The van der Waals surface area contributed by atoms with Crippen LogP contribution in [-0.2, 0) is 11.3 Å². The van der Waals surface area contributed by atoms with E-state index >= 15 is 0 Å². The molecule has 122 valence electrons. The van der Waals surface area contributed by atoms with E-state index in [1.165, 1.54) is 6.07 Å². The van der Waals surface area contributed by atoms with Crippen LogP contribution in [0.2, 0.25) is 0 Å². The summed E-state index contributed by atoms with van der Waals surface area (Å²) >= 11 is 0. The van der Waals surface area contributed by atoms with Crippen molar-refractivity contribution in [3.8, 4) is 0 Å². The molecule has 23 heavy (non-hydrogen) atoms. The van der Waals surface area contributed by atoms with E-state index in [1.54, 1.807) is 12.1 Å². The summed E-state index contributed by atoms with van der Waals surface area (Å²) in [6.45, 7) is 6.57. The molecule has 0 radical (unpaired) electrons. The number of amides is 1. The highest BCUT2D eigenvalue weighted by atomic mass is 19.1. The predicted octanol–water partition coefficient (Wildman–Crippen LogP) is 2.76. The first-order valence-electron chi connectivity index (χ1n) is 7.85. The van der Waals surface area contributed by atoms with Crippen LogP contribution < -0.4 is 0 Å². The standard InChI is InChI=1S/C18H21FN2O2/c1-13-11-14(2)21(12-15-5-3-4-6-16(15)19)17(13)18(22)20-7-9-23-10-8-20/h3-6,11H,7-10,12H2,1-2H3. The van der Waals surface area contributed by atoms with E-state index in [9.17, 15) is 9.18 Å². The van der Waals surface area contributed by atoms with Crippen molar-refractivity contribution >= 4 is 5.91 Å². The molecule has 2 aromatic rings. The lowest BCUT2D eigenvalue weighted by molar-refractivity contribution is 0.0295. The van der Waals surface area contributed by atoms with Gasteiger partial charge in [-0.15, -0.1) is 0 Å². The highest BCUT2D eigenvalue weighted by Gasteiger charge is 2.24. The van der Waals surface area contributed by atoms with Crippen molar-refractivity contribution in [1.29, 1.82) is 0 Å². The van der Waals surface area contributed by atoms with E-state index in [4.69, 9.17) is 4.74 Å². The molecule has 1 fully saturated rings. The lowest BCUT2D eigenvalue weighted by atomic mass is 10.2. The fourth-order valence-corrected chi connectivity index (χ4v) is 3.05. The number of ether oxygens (including phenoxy) is 1. The van der Waals surface area contributed by atoms with Gasteiger partial charge >= 0.3 is 0 Å². The van der Waals surface area contributed by atoms with Crippen molar-refractivity contribution in [3.05, 3.63) is 58.7 Å². The van der Waals surface area contributed by atoms with Gasteiger partial charge in [0.15, 0.2) is 0 Å². The van der Waals surface area contributed by atoms with Crippen LogP contribution >= 0.6 is 0 Å². The first-order chi connectivity index (χ1) is 11.1. The molecule has 1 aromatic heterocycles. The van der Waals surface area contributed by atoms with Crippen LogP contribution in [0.3, 0.4) is 0 Å². The average molecular weight is 316 g/mol. The zero-order chi connectivity index (χ0) is 16.4. The van der Waals surface area contributed by atoms with Gasteiger partial charge in [0.05, 0.1) is 19.8 Å². The second-order valence-electron chi connectivity index (χ2n) is 5.90. The number of aryl methyl sites for hydroxylation is 2. The Morgan fingerprint density at radius 1 is 1.22 bits per heavy atom. The number of carbonyl (C=O) groups is 1. The first-order valence-corrected chi connectivity index (χ1v) is 7.85. The molecule has 4 nitrogen and oxygen atoms in total. The summed E-state index contributed by atoms with van der Waals surface area (Å²) in [6, 6.07) is 8.67. The molecule has 0 N–H and O–H groups in total. The number of halogens is 1. The minimum absolute atomic E-state index is 0.00441. The Morgan fingerprint density at radius 2 is 1.91 bits per heavy atom. The van der Waals surface area contributed by atoms with Crippen molar-refractivity contribution < 1.29 is 13.9 Å². The van der Waals surface area contributed by atoms with Gasteiger partial charge in [0.25, 0.3) is 5.91 Å². The van der Waals surface area contributed by atoms with Gasteiger partial charge in [-0.25, -0.2) is 4.39 Å². The number of hydrogen-bond donors (Lipinski definition) is 0. The summed E-state index contributed by atoms with van der Waals surface area (Å²) in [5.74, 6) is -0.252. The third kappa shape index (κ3) is 3.15. The van der Waals surface area contributed by atoms with Crippen LogP contribution in [0.15, 0.2) is 30.3 Å². The largest absolute Gasteiger partial charge is 0.378 e. The molecule has 3 rings (SSSR count). The van der Waals surface area contributed by atoms with Crippen LogP contribution in [-0.4, -0.2) is 41.7 Å². The van der Waals surface area contributed by atoms with Crippen LogP contribution in [0.1, 0.15) is 27.3 Å². The van der Waals surface area contributed by atoms with E-state index in [2.05, 4.69) is 0 Å². The van der Waals surface area contributed by atoms with Gasteiger partial charge in [0.2, 0.25) is 0 Å². The third-order valence-electron chi connectivity index (χ3n) is 4.28. The predicted molar refractivity (Wildman–Crippen MR) is 86.1 cm³/mol. The lowest BCUT2D eigenvalue weighted by Gasteiger charge is -2.27. The number of benzene rings is 1. The minimum atomic E-state index is -0.247. The highest BCUT2D eigenvalue weighted by Crippen LogP contribution is 2.20. The molecule has 0 atom stereocenters. The molecule has 1 aliphatic rings. The Hall–Kier alpha value is -2.14. The van der Waals surface area contributed by atoms with Crippen molar-refractivity contribution in [3.63, 3.8) is 0 Å². The van der Waals surface area contributed by atoms with Crippen LogP contribution in [0, 0.1) is 19.7 Å². The number of carbonyl (C=O) groups excluding carboxylic acids is 1. The molecule has 2 heterocycles. The number of nitrogens with zero attached hydrogens (tertiary/aromatic N) is 2. The lowest BCUT2D eigenvalue weighted by Crippen LogP contribution is -2.41. The molecule has 0 bridgehead atoms. The molecule has 5 heteroatoms. The third-order valence-corrected chi connectivity index (χ3v) is 4.28. The zero-order valence-corrected chi connectivity index (χ0v) is 13.5. The maximum Gasteiger partial charge on any atom is 0.270 e. The van der Waals surface area contributed by atoms with Crippen LogP contribution in [0.5, 0.6) is 0 Å². The Labute approximate surface area is 135 Å². The van der Waals surface area contributed by atoms with Gasteiger partial charge in [-0.2, -0.15) is 0 Å². The maximum absolute atomic E-state index is 14.0. The van der Waals surface area contributed by atoms with Gasteiger partial charge in [-0.3, -0.25) is 4.79 Å². The van der Waals surface area contributed by atoms with E-state index in [0.717, 1.165) is 11.3 Å². The van der Waals surface area contributed by atoms with Gasteiger partial charge in [0, 0.05) is 24.3 Å². The molecular weight excluding hydrogens is 295 g/mol. The maximum atomic E-state index is 14.0. The second-order valence-corrected chi connectivity index (χ2v) is 5.90. The summed E-state index contributed by atoms with van der Waals surface area (Å²) < 4.78 is 21.2. The summed E-state index contributed by atoms with van der Waals surface area (Å²) in [4.78, 5) is 14.7. The van der Waals surface area contributed by atoms with Gasteiger partial charge in [-0.05, 0) is 31.5 Å². The molecule has 1 aliphatic heterocycles. The summed E-state index contributed by atoms with van der Waals surface area (Å²) in [5, 5.41) is 0. The van der Waals surface area contributed by atoms with Crippen molar-refractivity contribution in [1.82, 2.24) is 9.47 Å². The van der Waals surface area contributed by atoms with E-state index in [-0.39, 0.29) is 11.7 Å². The first kappa shape index (κ1) is 15.7. The Balaban J connectivity index is 1.94. The molecular formula is C18H21FN2O2. The molecule has 0 unspecified atom stereocenters. The molecule has 0 aliphatic carbocycles. The average Bonchev–Trinajstić information content (AvgIpc) is 2.83. The zero-order valence-electron chi connectivity index (χ0n) is 13.5. The van der Waals surface area contributed by atoms with Gasteiger partial charge < -0.3 is 14.2 Å². The number of hydrogen-bond acceptors (Lipinski definition) is 2. The fraction of sp³-hybridized carbons (Fsp3) is 0.389. The van der Waals surface area contributed by atoms with E-state index in [1.807, 2.05) is 35.4 Å². The summed E-state index contributed by atoms with van der Waals surface area (Å²) in [7, 11) is 0. The SMILES string of the molecule is Cc1cc(C)n(Cc2ccccc2F)c1C(=O)N1CCOCC1. The second kappa shape index (κ2) is 6.54. The van der Waals surface area contributed by atoms with Crippen molar-refractivity contribution in [2.24, 2.45) is 0 Å². The number of morpholine rings is 1. The smallest absolute Gasteiger partial charge is 0.270 e. The quantitative estimate of drug-likeness (QED) is 0.872. The molecule has 0 spiro atoms. The van der Waals surface area contributed by atoms with Crippen molar-refractivity contribution in [2.75, 3.05) is 26.3 Å². The Morgan fingerprint density at radius 3 is 2.61 bits per heavy atom. The molecule has 1 saturated heterocycles. The van der Waals surface area contributed by atoms with Gasteiger partial charge in [-0.1, -0.05) is 18.2 Å².